The number of benzene rings is 3. The van der Waals surface area contributed by atoms with Gasteiger partial charge in [-0.1, -0.05) is 23.7 Å². The molecule has 1 amide bonds. The lowest BCUT2D eigenvalue weighted by molar-refractivity contribution is -0.118. The van der Waals surface area contributed by atoms with Gasteiger partial charge < -0.3 is 24.3 Å². The molecule has 0 fully saturated rings. The molecule has 0 unspecified atom stereocenters. The number of carbonyl (C=O) groups excluding carboxylic acids is 2. The number of methoxy groups -OCH3 is 2. The fraction of sp³-hybridized carbons (Fsp3) is 0.167. The topological polar surface area (TPSA) is 83.1 Å². The SMILES string of the molecule is COc1ccc(Cl)cc1NC(=O)COc1ccc(C(=O)OCc2cccc(F)c2)cc1OC. The van der Waals surface area contributed by atoms with Gasteiger partial charge in [0.2, 0.25) is 0 Å². The van der Waals surface area contributed by atoms with Gasteiger partial charge in [0.15, 0.2) is 18.1 Å². The normalized spacial score (nSPS) is 10.3. The number of carbonyl (C=O) groups is 2. The molecule has 3 aromatic rings. The van der Waals surface area contributed by atoms with Gasteiger partial charge in [0.05, 0.1) is 25.5 Å². The van der Waals surface area contributed by atoms with Crippen LogP contribution < -0.4 is 19.5 Å². The Morgan fingerprint density at radius 3 is 2.42 bits per heavy atom. The first-order valence-corrected chi connectivity index (χ1v) is 10.1. The van der Waals surface area contributed by atoms with Gasteiger partial charge in [0.25, 0.3) is 5.91 Å². The molecule has 3 aromatic carbocycles. The van der Waals surface area contributed by atoms with Crippen molar-refractivity contribution in [2.24, 2.45) is 0 Å². The molecule has 0 heterocycles. The van der Waals surface area contributed by atoms with E-state index in [1.807, 2.05) is 0 Å². The molecule has 0 aliphatic carbocycles. The summed E-state index contributed by atoms with van der Waals surface area (Å²) in [7, 11) is 2.88. The average Bonchev–Trinajstić information content (AvgIpc) is 2.81. The van der Waals surface area contributed by atoms with Crippen LogP contribution >= 0.6 is 11.6 Å². The molecule has 0 atom stereocenters. The first kappa shape index (κ1) is 23.9. The number of halogens is 2. The van der Waals surface area contributed by atoms with E-state index in [0.29, 0.717) is 22.0 Å². The Morgan fingerprint density at radius 2 is 1.70 bits per heavy atom. The first-order valence-electron chi connectivity index (χ1n) is 9.75. The standard InChI is InChI=1S/C24H21ClFNO6/c1-30-20-9-7-17(25)12-19(20)27-23(28)14-32-21-8-6-16(11-22(21)31-2)24(29)33-13-15-4-3-5-18(26)10-15/h3-12H,13-14H2,1-2H3,(H,27,28). The van der Waals surface area contributed by atoms with Crippen LogP contribution in [0.5, 0.6) is 17.2 Å². The maximum Gasteiger partial charge on any atom is 0.338 e. The summed E-state index contributed by atoms with van der Waals surface area (Å²) in [5.41, 5.74) is 1.14. The molecule has 3 rings (SSSR count). The Labute approximate surface area is 195 Å². The first-order chi connectivity index (χ1) is 15.9. The molecule has 0 aliphatic heterocycles. The van der Waals surface area contributed by atoms with Crippen molar-refractivity contribution >= 4 is 29.2 Å². The minimum Gasteiger partial charge on any atom is -0.495 e. The van der Waals surface area contributed by atoms with E-state index in [4.69, 9.17) is 30.5 Å². The smallest absolute Gasteiger partial charge is 0.338 e. The largest absolute Gasteiger partial charge is 0.495 e. The van der Waals surface area contributed by atoms with Crippen LogP contribution in [0.2, 0.25) is 5.02 Å². The summed E-state index contributed by atoms with van der Waals surface area (Å²) < 4.78 is 34.5. The van der Waals surface area contributed by atoms with Gasteiger partial charge in [-0.15, -0.1) is 0 Å². The van der Waals surface area contributed by atoms with Crippen molar-refractivity contribution in [1.29, 1.82) is 0 Å². The monoisotopic (exact) mass is 473 g/mol. The van der Waals surface area contributed by atoms with E-state index in [9.17, 15) is 14.0 Å². The molecule has 9 heteroatoms. The molecule has 0 bridgehead atoms. The highest BCUT2D eigenvalue weighted by Crippen LogP contribution is 2.30. The van der Waals surface area contributed by atoms with Crippen LogP contribution in [0, 0.1) is 5.82 Å². The Hall–Kier alpha value is -3.78. The van der Waals surface area contributed by atoms with Crippen molar-refractivity contribution < 1.29 is 32.9 Å². The fourth-order valence-corrected chi connectivity index (χ4v) is 3.05. The van der Waals surface area contributed by atoms with E-state index in [0.717, 1.165) is 0 Å². The highest BCUT2D eigenvalue weighted by molar-refractivity contribution is 6.31. The maximum absolute atomic E-state index is 13.3. The molecule has 1 N–H and O–H groups in total. The van der Waals surface area contributed by atoms with Crippen LogP contribution in [-0.4, -0.2) is 32.7 Å². The lowest BCUT2D eigenvalue weighted by Gasteiger charge is -2.13. The average molecular weight is 474 g/mol. The molecule has 0 saturated heterocycles. The van der Waals surface area contributed by atoms with Crippen molar-refractivity contribution in [3.8, 4) is 17.2 Å². The van der Waals surface area contributed by atoms with E-state index in [-0.39, 0.29) is 30.3 Å². The van der Waals surface area contributed by atoms with E-state index in [1.165, 1.54) is 50.6 Å². The van der Waals surface area contributed by atoms with Gasteiger partial charge in [-0.2, -0.15) is 0 Å². The number of hydrogen-bond acceptors (Lipinski definition) is 6. The van der Waals surface area contributed by atoms with Crippen LogP contribution in [0.3, 0.4) is 0 Å². The predicted octanol–water partition coefficient (Wildman–Crippen LogP) is 4.87. The van der Waals surface area contributed by atoms with Gasteiger partial charge in [0.1, 0.15) is 18.2 Å². The molecule has 33 heavy (non-hydrogen) atoms. The lowest BCUT2D eigenvalue weighted by atomic mass is 10.2. The zero-order valence-electron chi connectivity index (χ0n) is 17.9. The molecular weight excluding hydrogens is 453 g/mol. The van der Waals surface area contributed by atoms with E-state index >= 15 is 0 Å². The van der Waals surface area contributed by atoms with Crippen LogP contribution in [-0.2, 0) is 16.1 Å². The second-order valence-electron chi connectivity index (χ2n) is 6.75. The van der Waals surface area contributed by atoms with Crippen LogP contribution in [0.1, 0.15) is 15.9 Å². The fourth-order valence-electron chi connectivity index (χ4n) is 2.88. The Kier molecular flexibility index (Phi) is 8.10. The summed E-state index contributed by atoms with van der Waals surface area (Å²) in [6.45, 7) is -0.403. The van der Waals surface area contributed by atoms with Crippen molar-refractivity contribution in [1.82, 2.24) is 0 Å². The molecule has 0 saturated carbocycles. The van der Waals surface area contributed by atoms with Crippen molar-refractivity contribution in [3.63, 3.8) is 0 Å². The van der Waals surface area contributed by atoms with Gasteiger partial charge in [-0.3, -0.25) is 4.79 Å². The second kappa shape index (κ2) is 11.2. The van der Waals surface area contributed by atoms with Crippen molar-refractivity contribution in [2.75, 3.05) is 26.1 Å². The maximum atomic E-state index is 13.3. The van der Waals surface area contributed by atoms with Crippen molar-refractivity contribution in [3.05, 3.63) is 82.6 Å². The molecule has 0 radical (unpaired) electrons. The van der Waals surface area contributed by atoms with E-state index in [2.05, 4.69) is 5.32 Å². The second-order valence-corrected chi connectivity index (χ2v) is 7.19. The van der Waals surface area contributed by atoms with Crippen LogP contribution in [0.15, 0.2) is 60.7 Å². The Morgan fingerprint density at radius 1 is 0.939 bits per heavy atom. The van der Waals surface area contributed by atoms with Gasteiger partial charge >= 0.3 is 5.97 Å². The number of anilines is 1. The van der Waals surface area contributed by atoms with Gasteiger partial charge in [-0.05, 0) is 54.1 Å². The molecule has 0 aromatic heterocycles. The van der Waals surface area contributed by atoms with E-state index in [1.54, 1.807) is 24.3 Å². The summed E-state index contributed by atoms with van der Waals surface area (Å²) in [4.78, 5) is 24.6. The third kappa shape index (κ3) is 6.60. The van der Waals surface area contributed by atoms with Gasteiger partial charge in [0, 0.05) is 5.02 Å². The molecular formula is C24H21ClFNO6. The highest BCUT2D eigenvalue weighted by Gasteiger charge is 2.15. The van der Waals surface area contributed by atoms with E-state index < -0.39 is 17.7 Å². The highest BCUT2D eigenvalue weighted by atomic mass is 35.5. The van der Waals surface area contributed by atoms with Crippen LogP contribution in [0.4, 0.5) is 10.1 Å². The van der Waals surface area contributed by atoms with Crippen LogP contribution in [0.25, 0.3) is 0 Å². The Bertz CT molecular complexity index is 1150. The molecule has 0 spiro atoms. The number of amides is 1. The predicted molar refractivity (Wildman–Crippen MR) is 121 cm³/mol. The van der Waals surface area contributed by atoms with Crippen molar-refractivity contribution in [2.45, 2.75) is 6.61 Å². The molecule has 7 nitrogen and oxygen atoms in total. The zero-order chi connectivity index (χ0) is 23.8. The molecule has 172 valence electrons. The third-order valence-electron chi connectivity index (χ3n) is 4.45. The minimum absolute atomic E-state index is 0.0791. The Balaban J connectivity index is 1.60. The van der Waals surface area contributed by atoms with Gasteiger partial charge in [-0.25, -0.2) is 9.18 Å². The molecule has 0 aliphatic rings. The number of hydrogen-bond donors (Lipinski definition) is 1. The quantitative estimate of drug-likeness (QED) is 0.446. The lowest BCUT2D eigenvalue weighted by Crippen LogP contribution is -2.20. The number of ether oxygens (including phenoxy) is 4. The summed E-state index contributed by atoms with van der Waals surface area (Å²) in [5, 5.41) is 3.10. The zero-order valence-corrected chi connectivity index (χ0v) is 18.6. The third-order valence-corrected chi connectivity index (χ3v) is 4.69. The summed E-state index contributed by atoms with van der Waals surface area (Å²) in [6.07, 6.45) is 0. The summed E-state index contributed by atoms with van der Waals surface area (Å²) in [6, 6.07) is 15.0. The minimum atomic E-state index is -0.616. The summed E-state index contributed by atoms with van der Waals surface area (Å²) in [5.74, 6) is -0.530. The number of nitrogens with one attached hydrogen (secondary N) is 1. The number of rotatable bonds is 9. The summed E-state index contributed by atoms with van der Waals surface area (Å²) >= 11 is 5.97. The number of esters is 1.